The lowest BCUT2D eigenvalue weighted by molar-refractivity contribution is -0.119. The minimum atomic E-state index is -0.811. The second-order valence-electron chi connectivity index (χ2n) is 6.51. The van der Waals surface area contributed by atoms with Gasteiger partial charge in [-0.05, 0) is 42.8 Å². The van der Waals surface area contributed by atoms with Crippen LogP contribution in [0.15, 0.2) is 36.5 Å². The van der Waals surface area contributed by atoms with Crippen LogP contribution >= 0.6 is 34.5 Å². The van der Waals surface area contributed by atoms with E-state index >= 15 is 0 Å². The van der Waals surface area contributed by atoms with Crippen LogP contribution < -0.4 is 16.2 Å². The van der Waals surface area contributed by atoms with Crippen LogP contribution in [0.4, 0.5) is 13.6 Å². The second-order valence-corrected chi connectivity index (χ2v) is 8.66. The van der Waals surface area contributed by atoms with Gasteiger partial charge in [0.15, 0.2) is 0 Å². The predicted molar refractivity (Wildman–Crippen MR) is 117 cm³/mol. The number of pyridine rings is 1. The van der Waals surface area contributed by atoms with Crippen LogP contribution in [-0.4, -0.2) is 16.9 Å². The summed E-state index contributed by atoms with van der Waals surface area (Å²) in [5, 5.41) is 2.59. The molecule has 0 fully saturated rings. The highest BCUT2D eigenvalue weighted by Crippen LogP contribution is 2.41. The lowest BCUT2D eigenvalue weighted by atomic mass is 9.98. The fraction of sp³-hybridized carbons (Fsp3) is 0.150. The Balaban J connectivity index is 1.93. The zero-order valence-corrected chi connectivity index (χ0v) is 18.6. The van der Waals surface area contributed by atoms with Gasteiger partial charge in [0.1, 0.15) is 11.6 Å². The average molecular weight is 485 g/mol. The SMILES string of the molecule is CC(=O)NNC(=O)N[C@H](C)c1ncc(-c2cc(Cl)cc(F)c2-c2ccc(Cl)s2)cc1F. The van der Waals surface area contributed by atoms with Crippen molar-refractivity contribution < 1.29 is 18.4 Å². The number of hydrogen-bond donors (Lipinski definition) is 3. The third kappa shape index (κ3) is 5.49. The standard InChI is InChI=1S/C20H16Cl2F2N4O2S/c1-9(26-20(30)28-27-10(2)29)19-15(24)5-11(8-25-19)13-6-12(21)7-14(23)18(13)16-3-4-17(22)31-16/h3-9H,1-2H3,(H,27,29)(H2,26,28,30)/t9-/m1/s1. The van der Waals surface area contributed by atoms with Crippen molar-refractivity contribution in [2.75, 3.05) is 0 Å². The van der Waals surface area contributed by atoms with Crippen molar-refractivity contribution in [3.63, 3.8) is 0 Å². The summed E-state index contributed by atoms with van der Waals surface area (Å²) >= 11 is 13.2. The van der Waals surface area contributed by atoms with Crippen LogP contribution in [0, 0.1) is 11.6 Å². The Labute approximate surface area is 190 Å². The fourth-order valence-electron chi connectivity index (χ4n) is 2.86. The molecule has 1 atom stereocenters. The maximum absolute atomic E-state index is 14.8. The number of carbonyl (C=O) groups is 2. The minimum absolute atomic E-state index is 0.0371. The van der Waals surface area contributed by atoms with Crippen LogP contribution in [0.25, 0.3) is 21.6 Å². The van der Waals surface area contributed by atoms with E-state index < -0.39 is 29.6 Å². The van der Waals surface area contributed by atoms with Gasteiger partial charge in [0.05, 0.1) is 16.1 Å². The van der Waals surface area contributed by atoms with Crippen molar-refractivity contribution in [2.24, 2.45) is 0 Å². The Bertz CT molecular complexity index is 1160. The highest BCUT2D eigenvalue weighted by Gasteiger charge is 2.20. The van der Waals surface area contributed by atoms with E-state index in [-0.39, 0.29) is 16.3 Å². The van der Waals surface area contributed by atoms with Gasteiger partial charge in [-0.1, -0.05) is 23.2 Å². The number of benzene rings is 1. The van der Waals surface area contributed by atoms with E-state index in [1.165, 1.54) is 49.6 Å². The van der Waals surface area contributed by atoms with Gasteiger partial charge in [0, 0.05) is 34.1 Å². The number of rotatable bonds is 4. The van der Waals surface area contributed by atoms with E-state index in [2.05, 4.69) is 21.2 Å². The molecule has 0 saturated carbocycles. The first-order valence-corrected chi connectivity index (χ1v) is 10.5. The van der Waals surface area contributed by atoms with Crippen LogP contribution in [-0.2, 0) is 4.79 Å². The molecule has 0 radical (unpaired) electrons. The van der Waals surface area contributed by atoms with Crippen molar-refractivity contribution in [3.05, 3.63) is 63.2 Å². The molecular weight excluding hydrogens is 469 g/mol. The fourth-order valence-corrected chi connectivity index (χ4v) is 4.17. The number of hydrogen-bond acceptors (Lipinski definition) is 4. The summed E-state index contributed by atoms with van der Waals surface area (Å²) in [5.74, 6) is -1.75. The minimum Gasteiger partial charge on any atom is -0.329 e. The maximum Gasteiger partial charge on any atom is 0.334 e. The first kappa shape index (κ1) is 22.9. The number of aromatic nitrogens is 1. The first-order chi connectivity index (χ1) is 14.7. The summed E-state index contributed by atoms with van der Waals surface area (Å²) in [6, 6.07) is 5.64. The number of thiophene rings is 1. The van der Waals surface area contributed by atoms with Gasteiger partial charge >= 0.3 is 6.03 Å². The molecule has 2 aromatic heterocycles. The summed E-state index contributed by atoms with van der Waals surface area (Å²) in [7, 11) is 0. The van der Waals surface area contributed by atoms with E-state index in [9.17, 15) is 18.4 Å². The van der Waals surface area contributed by atoms with Gasteiger partial charge in [-0.25, -0.2) is 19.0 Å². The molecule has 0 spiro atoms. The summed E-state index contributed by atoms with van der Waals surface area (Å²) in [4.78, 5) is 27.3. The van der Waals surface area contributed by atoms with Crippen molar-refractivity contribution >= 4 is 46.5 Å². The summed E-state index contributed by atoms with van der Waals surface area (Å²) in [5.41, 5.74) is 5.07. The summed E-state index contributed by atoms with van der Waals surface area (Å²) in [6.07, 6.45) is 1.37. The predicted octanol–water partition coefficient (Wildman–Crippen LogP) is 5.47. The molecule has 0 aliphatic rings. The molecule has 162 valence electrons. The lowest BCUT2D eigenvalue weighted by Crippen LogP contribution is -2.46. The molecule has 0 saturated heterocycles. The zero-order valence-electron chi connectivity index (χ0n) is 16.2. The number of hydrazine groups is 1. The summed E-state index contributed by atoms with van der Waals surface area (Å²) in [6.45, 7) is 2.75. The molecule has 0 aliphatic heterocycles. The van der Waals surface area contributed by atoms with Gasteiger partial charge in [0.25, 0.3) is 0 Å². The number of urea groups is 1. The number of halogens is 4. The highest BCUT2D eigenvalue weighted by molar-refractivity contribution is 7.19. The molecule has 3 N–H and O–H groups in total. The van der Waals surface area contributed by atoms with E-state index in [4.69, 9.17) is 23.2 Å². The van der Waals surface area contributed by atoms with Crippen LogP contribution in [0.3, 0.4) is 0 Å². The molecular formula is C20H16Cl2F2N4O2S. The third-order valence-corrected chi connectivity index (χ3v) is 5.63. The third-order valence-electron chi connectivity index (χ3n) is 4.17. The zero-order chi connectivity index (χ0) is 22.7. The molecule has 6 nitrogen and oxygen atoms in total. The Kier molecular flexibility index (Phi) is 7.09. The molecule has 3 aromatic rings. The van der Waals surface area contributed by atoms with Crippen molar-refractivity contribution in [1.29, 1.82) is 0 Å². The lowest BCUT2D eigenvalue weighted by Gasteiger charge is -2.16. The highest BCUT2D eigenvalue weighted by atomic mass is 35.5. The van der Waals surface area contributed by atoms with E-state index in [1.807, 2.05) is 0 Å². The Morgan fingerprint density at radius 2 is 1.84 bits per heavy atom. The van der Waals surface area contributed by atoms with Crippen molar-refractivity contribution in [3.8, 4) is 21.6 Å². The van der Waals surface area contributed by atoms with Gasteiger partial charge in [0.2, 0.25) is 5.91 Å². The normalized spacial score (nSPS) is 11.7. The molecule has 2 heterocycles. The Hall–Kier alpha value is -2.75. The number of nitrogens with zero attached hydrogens (tertiary/aromatic N) is 1. The van der Waals surface area contributed by atoms with E-state index in [0.717, 1.165) is 0 Å². The van der Waals surface area contributed by atoms with Crippen LogP contribution in [0.2, 0.25) is 9.36 Å². The van der Waals surface area contributed by atoms with Gasteiger partial charge in [-0.3, -0.25) is 15.2 Å². The molecule has 0 unspecified atom stereocenters. The maximum atomic E-state index is 14.8. The van der Waals surface area contributed by atoms with E-state index in [0.29, 0.717) is 20.3 Å². The van der Waals surface area contributed by atoms with Gasteiger partial charge < -0.3 is 5.32 Å². The molecule has 1 aromatic carbocycles. The summed E-state index contributed by atoms with van der Waals surface area (Å²) < 4.78 is 30.1. The van der Waals surface area contributed by atoms with Crippen LogP contribution in [0.5, 0.6) is 0 Å². The largest absolute Gasteiger partial charge is 0.334 e. The molecule has 0 bridgehead atoms. The number of carbonyl (C=O) groups excluding carboxylic acids is 2. The van der Waals surface area contributed by atoms with Gasteiger partial charge in [-0.2, -0.15) is 0 Å². The number of nitrogens with one attached hydrogen (secondary N) is 3. The Morgan fingerprint density at radius 3 is 2.45 bits per heavy atom. The van der Waals surface area contributed by atoms with Gasteiger partial charge in [-0.15, -0.1) is 11.3 Å². The van der Waals surface area contributed by atoms with Crippen molar-refractivity contribution in [2.45, 2.75) is 19.9 Å². The van der Waals surface area contributed by atoms with Crippen LogP contribution in [0.1, 0.15) is 25.6 Å². The number of amides is 3. The monoisotopic (exact) mass is 484 g/mol. The smallest absolute Gasteiger partial charge is 0.329 e. The molecule has 31 heavy (non-hydrogen) atoms. The molecule has 11 heteroatoms. The Morgan fingerprint density at radius 1 is 1.10 bits per heavy atom. The topological polar surface area (TPSA) is 83.1 Å². The average Bonchev–Trinajstić information content (AvgIpc) is 3.11. The first-order valence-electron chi connectivity index (χ1n) is 8.89. The molecule has 3 rings (SSSR count). The molecule has 3 amide bonds. The molecule has 0 aliphatic carbocycles. The second kappa shape index (κ2) is 9.59. The quantitative estimate of drug-likeness (QED) is 0.429. The van der Waals surface area contributed by atoms with Crippen molar-refractivity contribution in [1.82, 2.24) is 21.2 Å². The van der Waals surface area contributed by atoms with E-state index in [1.54, 1.807) is 12.1 Å².